The Morgan fingerprint density at radius 3 is 2.63 bits per heavy atom. The maximum atomic E-state index is 12.5. The van der Waals surface area contributed by atoms with Crippen molar-refractivity contribution < 1.29 is 28.6 Å². The SMILES string of the molecule is COc1ccc(N2C[C@H](C(=O)OCC(=O)N[C@H]3CCCC[C@H]3C)CC2=O)c(OC)c1. The van der Waals surface area contributed by atoms with E-state index in [9.17, 15) is 14.4 Å². The minimum absolute atomic E-state index is 0.0370. The molecule has 3 rings (SSSR count). The lowest BCUT2D eigenvalue weighted by Gasteiger charge is -2.29. The fourth-order valence-corrected chi connectivity index (χ4v) is 4.14. The maximum absolute atomic E-state index is 12.5. The molecule has 2 amide bonds. The van der Waals surface area contributed by atoms with Crippen LogP contribution in [0.5, 0.6) is 11.5 Å². The summed E-state index contributed by atoms with van der Waals surface area (Å²) in [5.74, 6) is -0.120. The van der Waals surface area contributed by atoms with Crippen molar-refractivity contribution in [1.29, 1.82) is 0 Å². The molecule has 2 aliphatic rings. The molecule has 0 spiro atoms. The molecule has 8 nitrogen and oxygen atoms in total. The Morgan fingerprint density at radius 2 is 1.93 bits per heavy atom. The molecule has 1 saturated carbocycles. The molecule has 0 radical (unpaired) electrons. The first kappa shape index (κ1) is 21.9. The number of carbonyl (C=O) groups excluding carboxylic acids is 3. The zero-order valence-electron chi connectivity index (χ0n) is 17.8. The topological polar surface area (TPSA) is 94.2 Å². The molecule has 8 heteroatoms. The van der Waals surface area contributed by atoms with Gasteiger partial charge in [-0.05, 0) is 30.9 Å². The molecule has 1 heterocycles. The van der Waals surface area contributed by atoms with Crippen LogP contribution in [0.25, 0.3) is 0 Å². The van der Waals surface area contributed by atoms with Crippen LogP contribution in [0.1, 0.15) is 39.0 Å². The Morgan fingerprint density at radius 1 is 1.17 bits per heavy atom. The third-order valence-corrected chi connectivity index (χ3v) is 5.94. The highest BCUT2D eigenvalue weighted by Crippen LogP contribution is 2.36. The van der Waals surface area contributed by atoms with Crippen LogP contribution in [0.3, 0.4) is 0 Å². The van der Waals surface area contributed by atoms with E-state index in [-0.39, 0.29) is 37.4 Å². The van der Waals surface area contributed by atoms with Gasteiger partial charge in [0.2, 0.25) is 5.91 Å². The van der Waals surface area contributed by atoms with Gasteiger partial charge in [-0.2, -0.15) is 0 Å². The highest BCUT2D eigenvalue weighted by molar-refractivity contribution is 6.00. The predicted molar refractivity (Wildman–Crippen MR) is 111 cm³/mol. The molecule has 3 atom stereocenters. The average molecular weight is 418 g/mol. The van der Waals surface area contributed by atoms with E-state index in [1.54, 1.807) is 25.3 Å². The normalized spacial score (nSPS) is 23.8. The molecule has 0 bridgehead atoms. The summed E-state index contributed by atoms with van der Waals surface area (Å²) < 4.78 is 15.8. The van der Waals surface area contributed by atoms with Gasteiger partial charge in [-0.1, -0.05) is 19.8 Å². The van der Waals surface area contributed by atoms with Crippen molar-refractivity contribution in [3.63, 3.8) is 0 Å². The monoisotopic (exact) mass is 418 g/mol. The summed E-state index contributed by atoms with van der Waals surface area (Å²) in [5, 5.41) is 2.96. The number of hydrogen-bond donors (Lipinski definition) is 1. The number of anilines is 1. The van der Waals surface area contributed by atoms with E-state index in [1.807, 2.05) is 0 Å². The second kappa shape index (κ2) is 9.82. The zero-order chi connectivity index (χ0) is 21.7. The van der Waals surface area contributed by atoms with Gasteiger partial charge < -0.3 is 24.4 Å². The summed E-state index contributed by atoms with van der Waals surface area (Å²) in [6.07, 6.45) is 4.38. The average Bonchev–Trinajstić information content (AvgIpc) is 3.14. The van der Waals surface area contributed by atoms with Crippen LogP contribution in [0, 0.1) is 11.8 Å². The number of carbonyl (C=O) groups is 3. The number of esters is 1. The van der Waals surface area contributed by atoms with E-state index < -0.39 is 11.9 Å². The Hall–Kier alpha value is -2.77. The lowest BCUT2D eigenvalue weighted by Crippen LogP contribution is -2.43. The maximum Gasteiger partial charge on any atom is 0.311 e. The molecular formula is C22H30N2O6. The van der Waals surface area contributed by atoms with Gasteiger partial charge in [-0.25, -0.2) is 0 Å². The van der Waals surface area contributed by atoms with Crippen molar-refractivity contribution in [2.45, 2.75) is 45.1 Å². The largest absolute Gasteiger partial charge is 0.497 e. The van der Waals surface area contributed by atoms with E-state index in [0.29, 0.717) is 23.1 Å². The molecule has 1 saturated heterocycles. The molecule has 0 unspecified atom stereocenters. The Labute approximate surface area is 176 Å². The molecule has 0 aromatic heterocycles. The molecule has 164 valence electrons. The first-order valence-corrected chi connectivity index (χ1v) is 10.4. The van der Waals surface area contributed by atoms with Gasteiger partial charge in [-0.15, -0.1) is 0 Å². The van der Waals surface area contributed by atoms with Gasteiger partial charge in [0.05, 0.1) is 25.8 Å². The van der Waals surface area contributed by atoms with Crippen LogP contribution >= 0.6 is 0 Å². The minimum Gasteiger partial charge on any atom is -0.497 e. The Kier molecular flexibility index (Phi) is 7.18. The summed E-state index contributed by atoms with van der Waals surface area (Å²) in [6, 6.07) is 5.27. The number of nitrogens with zero attached hydrogens (tertiary/aromatic N) is 1. The molecule has 1 aromatic rings. The van der Waals surface area contributed by atoms with Crippen molar-refractivity contribution in [3.8, 4) is 11.5 Å². The number of ether oxygens (including phenoxy) is 3. The highest BCUT2D eigenvalue weighted by atomic mass is 16.5. The molecule has 1 aromatic carbocycles. The van der Waals surface area contributed by atoms with Crippen molar-refractivity contribution in [2.24, 2.45) is 11.8 Å². The number of methoxy groups -OCH3 is 2. The Bertz CT molecular complexity index is 796. The van der Waals surface area contributed by atoms with Crippen molar-refractivity contribution >= 4 is 23.5 Å². The predicted octanol–water partition coefficient (Wildman–Crippen LogP) is 2.29. The zero-order valence-corrected chi connectivity index (χ0v) is 17.8. The van der Waals surface area contributed by atoms with Crippen LogP contribution in [-0.4, -0.2) is 51.2 Å². The first-order valence-electron chi connectivity index (χ1n) is 10.4. The summed E-state index contributed by atoms with van der Waals surface area (Å²) in [4.78, 5) is 38.6. The van der Waals surface area contributed by atoms with E-state index in [1.165, 1.54) is 18.4 Å². The number of nitrogens with one attached hydrogen (secondary N) is 1. The molecule has 1 aliphatic heterocycles. The fraction of sp³-hybridized carbons (Fsp3) is 0.591. The van der Waals surface area contributed by atoms with Crippen LogP contribution in [0.2, 0.25) is 0 Å². The number of rotatable bonds is 7. The van der Waals surface area contributed by atoms with Gasteiger partial charge in [0.1, 0.15) is 11.5 Å². The molecule has 30 heavy (non-hydrogen) atoms. The van der Waals surface area contributed by atoms with Crippen LogP contribution in [0.15, 0.2) is 18.2 Å². The molecule has 1 N–H and O–H groups in total. The third kappa shape index (κ3) is 5.04. The van der Waals surface area contributed by atoms with Crippen molar-refractivity contribution in [2.75, 3.05) is 32.3 Å². The van der Waals surface area contributed by atoms with Gasteiger partial charge in [0, 0.05) is 25.1 Å². The fourth-order valence-electron chi connectivity index (χ4n) is 4.14. The van der Waals surface area contributed by atoms with Crippen LogP contribution < -0.4 is 19.7 Å². The molecule has 2 fully saturated rings. The van der Waals surface area contributed by atoms with Crippen LogP contribution in [0.4, 0.5) is 5.69 Å². The van der Waals surface area contributed by atoms with E-state index in [2.05, 4.69) is 12.2 Å². The summed E-state index contributed by atoms with van der Waals surface area (Å²) >= 11 is 0. The number of benzene rings is 1. The van der Waals surface area contributed by atoms with E-state index in [0.717, 1.165) is 19.3 Å². The summed E-state index contributed by atoms with van der Waals surface area (Å²) in [7, 11) is 3.06. The smallest absolute Gasteiger partial charge is 0.311 e. The summed E-state index contributed by atoms with van der Waals surface area (Å²) in [5.41, 5.74) is 0.572. The lowest BCUT2D eigenvalue weighted by molar-refractivity contribution is -0.152. The van der Waals surface area contributed by atoms with Gasteiger partial charge >= 0.3 is 5.97 Å². The first-order chi connectivity index (χ1) is 14.4. The van der Waals surface area contributed by atoms with Crippen molar-refractivity contribution in [3.05, 3.63) is 18.2 Å². The molecular weight excluding hydrogens is 388 g/mol. The number of amides is 2. The van der Waals surface area contributed by atoms with Gasteiger partial charge in [0.15, 0.2) is 6.61 Å². The highest BCUT2D eigenvalue weighted by Gasteiger charge is 2.37. The molecule has 1 aliphatic carbocycles. The van der Waals surface area contributed by atoms with Crippen molar-refractivity contribution in [1.82, 2.24) is 5.32 Å². The third-order valence-electron chi connectivity index (χ3n) is 5.94. The minimum atomic E-state index is -0.620. The second-order valence-corrected chi connectivity index (χ2v) is 7.99. The Balaban J connectivity index is 1.54. The number of hydrogen-bond acceptors (Lipinski definition) is 6. The van der Waals surface area contributed by atoms with Gasteiger partial charge in [-0.3, -0.25) is 14.4 Å². The van der Waals surface area contributed by atoms with E-state index in [4.69, 9.17) is 14.2 Å². The summed E-state index contributed by atoms with van der Waals surface area (Å²) in [6.45, 7) is 1.99. The lowest BCUT2D eigenvalue weighted by atomic mass is 9.86. The quantitative estimate of drug-likeness (QED) is 0.683. The van der Waals surface area contributed by atoms with Gasteiger partial charge in [0.25, 0.3) is 5.91 Å². The standard InChI is InChI=1S/C22H30N2O6/c1-14-6-4-5-7-17(14)23-20(25)13-30-22(27)15-10-21(26)24(12-15)18-9-8-16(28-2)11-19(18)29-3/h8-9,11,14-15,17H,4-7,10,12-13H2,1-3H3,(H,23,25)/t14-,15-,17+/m1/s1. The van der Waals surface area contributed by atoms with E-state index >= 15 is 0 Å². The van der Waals surface area contributed by atoms with Crippen LogP contribution in [-0.2, 0) is 19.1 Å². The second-order valence-electron chi connectivity index (χ2n) is 7.99.